The number of hydrogen-bond donors (Lipinski definition) is 1. The van der Waals surface area contributed by atoms with Gasteiger partial charge in [0, 0.05) is 36.1 Å². The molecule has 3 aromatic rings. The van der Waals surface area contributed by atoms with Crippen molar-refractivity contribution in [2.45, 2.75) is 44.1 Å². The van der Waals surface area contributed by atoms with Crippen molar-refractivity contribution in [2.24, 2.45) is 0 Å². The van der Waals surface area contributed by atoms with Crippen LogP contribution in [0.1, 0.15) is 58.4 Å². The molecular formula is C29H31FN2O3. The Morgan fingerprint density at radius 1 is 0.829 bits per heavy atom. The summed E-state index contributed by atoms with van der Waals surface area (Å²) >= 11 is 0. The first-order valence-electron chi connectivity index (χ1n) is 12.5. The number of aryl methyl sites for hydroxylation is 1. The molecule has 0 saturated carbocycles. The van der Waals surface area contributed by atoms with E-state index in [-0.39, 0.29) is 17.6 Å². The Morgan fingerprint density at radius 3 is 2.06 bits per heavy atom. The zero-order valence-electron chi connectivity index (χ0n) is 19.9. The molecule has 5 rings (SSSR count). The van der Waals surface area contributed by atoms with Gasteiger partial charge in [0.05, 0.1) is 5.60 Å². The van der Waals surface area contributed by atoms with Gasteiger partial charge >= 0.3 is 0 Å². The number of likely N-dealkylation sites (tertiary alicyclic amines) is 1. The summed E-state index contributed by atoms with van der Waals surface area (Å²) in [5, 5.41) is 12.7. The molecule has 0 aliphatic carbocycles. The van der Waals surface area contributed by atoms with Crippen molar-refractivity contribution in [3.63, 3.8) is 0 Å². The van der Waals surface area contributed by atoms with E-state index in [1.165, 1.54) is 17.0 Å². The molecule has 0 aromatic heterocycles. The van der Waals surface area contributed by atoms with Gasteiger partial charge in [-0.25, -0.2) is 4.39 Å². The lowest BCUT2D eigenvalue weighted by Crippen LogP contribution is -2.45. The quantitative estimate of drug-likeness (QED) is 0.376. The topological polar surface area (TPSA) is 60.9 Å². The number of nitrogens with zero attached hydrogens (tertiary/aromatic N) is 2. The molecule has 1 N–H and O–H groups in total. The van der Waals surface area contributed by atoms with Crippen LogP contribution in [-0.4, -0.2) is 58.5 Å². The average Bonchev–Trinajstić information content (AvgIpc) is 2.87. The van der Waals surface area contributed by atoms with Gasteiger partial charge in [-0.05, 0) is 80.3 Å². The summed E-state index contributed by atoms with van der Waals surface area (Å²) in [7, 11) is 0. The predicted molar refractivity (Wildman–Crippen MR) is 134 cm³/mol. The fraction of sp³-hybridized carbons (Fsp3) is 0.379. The molecule has 0 bridgehead atoms. The number of unbranched alkanes of at least 4 members (excludes halogenated alkanes) is 1. The normalized spacial score (nSPS) is 17.8. The number of halogens is 1. The van der Waals surface area contributed by atoms with E-state index in [0.717, 1.165) is 68.1 Å². The van der Waals surface area contributed by atoms with E-state index < -0.39 is 5.60 Å². The maximum Gasteiger partial charge on any atom is 0.261 e. The summed E-state index contributed by atoms with van der Waals surface area (Å²) in [4.78, 5) is 29.8. The average molecular weight is 475 g/mol. The van der Waals surface area contributed by atoms with Crippen molar-refractivity contribution >= 4 is 22.6 Å². The number of rotatable bonds is 8. The number of carbonyl (C=O) groups is 2. The van der Waals surface area contributed by atoms with Crippen LogP contribution in [0.5, 0.6) is 0 Å². The third-order valence-corrected chi connectivity index (χ3v) is 7.54. The molecule has 182 valence electrons. The molecule has 3 aromatic carbocycles. The molecule has 1 saturated heterocycles. The van der Waals surface area contributed by atoms with Gasteiger partial charge in [-0.15, -0.1) is 0 Å². The predicted octanol–water partition coefficient (Wildman–Crippen LogP) is 4.81. The fourth-order valence-electron chi connectivity index (χ4n) is 5.36. The minimum Gasteiger partial charge on any atom is -0.390 e. The third kappa shape index (κ3) is 5.00. The first kappa shape index (κ1) is 23.6. The summed E-state index contributed by atoms with van der Waals surface area (Å²) in [6.07, 6.45) is 4.50. The van der Waals surface area contributed by atoms with Gasteiger partial charge in [-0.1, -0.05) is 36.4 Å². The van der Waals surface area contributed by atoms with E-state index in [9.17, 15) is 19.1 Å². The van der Waals surface area contributed by atoms with Gasteiger partial charge in [-0.3, -0.25) is 14.5 Å². The maximum atomic E-state index is 13.1. The van der Waals surface area contributed by atoms with Gasteiger partial charge < -0.3 is 10.0 Å². The van der Waals surface area contributed by atoms with Gasteiger partial charge in [0.1, 0.15) is 5.82 Å². The highest BCUT2D eigenvalue weighted by molar-refractivity contribution is 6.25. The molecule has 0 atom stereocenters. The highest BCUT2D eigenvalue weighted by Gasteiger charge is 2.33. The SMILES string of the molecule is O=C1c2cccc3cccc(c23)C(=O)N1CCCCN1CCC(O)(CCc2ccc(F)cc2)CC1. The molecule has 6 heteroatoms. The summed E-state index contributed by atoms with van der Waals surface area (Å²) in [5.74, 6) is -0.649. The van der Waals surface area contributed by atoms with Crippen LogP contribution in [0.4, 0.5) is 4.39 Å². The Balaban J connectivity index is 1.08. The van der Waals surface area contributed by atoms with Crippen LogP contribution in [0.15, 0.2) is 60.7 Å². The second-order valence-electron chi connectivity index (χ2n) is 9.87. The van der Waals surface area contributed by atoms with Gasteiger partial charge in [0.25, 0.3) is 11.8 Å². The lowest BCUT2D eigenvalue weighted by Gasteiger charge is -2.38. The van der Waals surface area contributed by atoms with Crippen LogP contribution in [0.25, 0.3) is 10.8 Å². The van der Waals surface area contributed by atoms with Crippen LogP contribution in [0, 0.1) is 5.82 Å². The van der Waals surface area contributed by atoms with E-state index >= 15 is 0 Å². The molecule has 0 unspecified atom stereocenters. The molecule has 0 spiro atoms. The number of piperidine rings is 1. The van der Waals surface area contributed by atoms with E-state index in [1.807, 2.05) is 24.3 Å². The summed E-state index contributed by atoms with van der Waals surface area (Å²) in [6, 6.07) is 17.7. The molecule has 2 aliphatic heterocycles. The fourth-order valence-corrected chi connectivity index (χ4v) is 5.36. The van der Waals surface area contributed by atoms with Crippen molar-refractivity contribution in [1.82, 2.24) is 9.80 Å². The summed E-state index contributed by atoms with van der Waals surface area (Å²) < 4.78 is 13.1. The Hall–Kier alpha value is -3.09. The maximum absolute atomic E-state index is 13.1. The molecule has 2 amide bonds. The van der Waals surface area contributed by atoms with Crippen LogP contribution in [0.2, 0.25) is 0 Å². The van der Waals surface area contributed by atoms with Crippen molar-refractivity contribution in [3.05, 3.63) is 83.2 Å². The summed E-state index contributed by atoms with van der Waals surface area (Å²) in [5.41, 5.74) is 1.58. The van der Waals surface area contributed by atoms with Crippen LogP contribution in [-0.2, 0) is 6.42 Å². The first-order chi connectivity index (χ1) is 16.9. The Kier molecular flexibility index (Phi) is 6.67. The number of hydrogen-bond acceptors (Lipinski definition) is 4. The number of benzene rings is 3. The molecule has 5 nitrogen and oxygen atoms in total. The molecule has 35 heavy (non-hydrogen) atoms. The van der Waals surface area contributed by atoms with Crippen LogP contribution in [0.3, 0.4) is 0 Å². The highest BCUT2D eigenvalue weighted by Crippen LogP contribution is 2.30. The Bertz CT molecular complexity index is 1180. The van der Waals surface area contributed by atoms with Crippen LogP contribution < -0.4 is 0 Å². The van der Waals surface area contributed by atoms with E-state index in [4.69, 9.17) is 0 Å². The van der Waals surface area contributed by atoms with Crippen molar-refractivity contribution in [1.29, 1.82) is 0 Å². The van der Waals surface area contributed by atoms with Crippen molar-refractivity contribution in [3.8, 4) is 0 Å². The minimum absolute atomic E-state index is 0.205. The largest absolute Gasteiger partial charge is 0.390 e. The van der Waals surface area contributed by atoms with Crippen molar-refractivity contribution < 1.29 is 19.1 Å². The minimum atomic E-state index is -0.675. The number of imide groups is 1. The Morgan fingerprint density at radius 2 is 1.43 bits per heavy atom. The van der Waals surface area contributed by atoms with Crippen molar-refractivity contribution in [2.75, 3.05) is 26.2 Å². The molecular weight excluding hydrogens is 443 g/mol. The number of aliphatic hydroxyl groups is 1. The van der Waals surface area contributed by atoms with E-state index in [2.05, 4.69) is 4.90 Å². The Labute approximate surface area is 205 Å². The lowest BCUT2D eigenvalue weighted by molar-refractivity contribution is -0.0275. The zero-order chi connectivity index (χ0) is 24.4. The number of carbonyl (C=O) groups excluding carboxylic acids is 2. The molecule has 2 heterocycles. The van der Waals surface area contributed by atoms with E-state index in [0.29, 0.717) is 24.1 Å². The smallest absolute Gasteiger partial charge is 0.261 e. The van der Waals surface area contributed by atoms with Gasteiger partial charge in [-0.2, -0.15) is 0 Å². The molecule has 2 aliphatic rings. The first-order valence-corrected chi connectivity index (χ1v) is 12.5. The lowest BCUT2D eigenvalue weighted by atomic mass is 9.85. The van der Waals surface area contributed by atoms with Crippen LogP contribution >= 0.6 is 0 Å². The standard InChI is InChI=1S/C29H31FN2O3/c30-23-11-9-21(10-12-23)13-14-29(35)15-19-31(20-16-29)17-1-2-18-32-27(33)24-7-3-5-22-6-4-8-25(26(22)24)28(32)34/h3-12,35H,1-2,13-20H2. The van der Waals surface area contributed by atoms with Gasteiger partial charge in [0.2, 0.25) is 0 Å². The zero-order valence-corrected chi connectivity index (χ0v) is 19.9. The summed E-state index contributed by atoms with van der Waals surface area (Å²) in [6.45, 7) is 2.96. The monoisotopic (exact) mass is 474 g/mol. The number of amides is 2. The second kappa shape index (κ2) is 9.88. The third-order valence-electron chi connectivity index (χ3n) is 7.54. The molecule has 0 radical (unpaired) electrons. The highest BCUT2D eigenvalue weighted by atomic mass is 19.1. The second-order valence-corrected chi connectivity index (χ2v) is 9.87. The molecule has 1 fully saturated rings. The van der Waals surface area contributed by atoms with Gasteiger partial charge in [0.15, 0.2) is 0 Å². The van der Waals surface area contributed by atoms with E-state index in [1.54, 1.807) is 24.3 Å².